The van der Waals surface area contributed by atoms with Gasteiger partial charge in [-0.15, -0.1) is 0 Å². The van der Waals surface area contributed by atoms with E-state index in [1.54, 1.807) is 0 Å². The van der Waals surface area contributed by atoms with E-state index in [2.05, 4.69) is 6.92 Å². The second-order valence-electron chi connectivity index (χ2n) is 8.30. The number of cyclic esters (lactones) is 1. The van der Waals surface area contributed by atoms with Crippen LogP contribution in [0, 0.1) is 0 Å². The lowest BCUT2D eigenvalue weighted by atomic mass is 9.95. The molecule has 1 atom stereocenters. The van der Waals surface area contributed by atoms with E-state index in [0.717, 1.165) is 24.0 Å². The van der Waals surface area contributed by atoms with Crippen LogP contribution in [0.5, 0.6) is 0 Å². The molecule has 30 heavy (non-hydrogen) atoms. The molecule has 3 nitrogen and oxygen atoms in total. The molecule has 0 spiro atoms. The Morgan fingerprint density at radius 2 is 1.30 bits per heavy atom. The molecule has 1 aliphatic heterocycles. The Labute approximate surface area is 181 Å². The number of benzene rings is 2. The molecule has 0 fully saturated rings. The summed E-state index contributed by atoms with van der Waals surface area (Å²) in [6.07, 6.45) is 14.2. The van der Waals surface area contributed by atoms with Crippen molar-refractivity contribution in [2.45, 2.75) is 83.3 Å². The van der Waals surface area contributed by atoms with Gasteiger partial charge in [0.15, 0.2) is 0 Å². The number of carbonyl (C=O) groups excluding carboxylic acids is 1. The zero-order valence-electron chi connectivity index (χ0n) is 18.4. The Hall–Kier alpha value is -2.13. The molecule has 0 saturated carbocycles. The topological polar surface area (TPSA) is 35.5 Å². The predicted octanol–water partition coefficient (Wildman–Crippen LogP) is 7.39. The van der Waals surface area contributed by atoms with E-state index in [4.69, 9.17) is 9.47 Å². The zero-order valence-corrected chi connectivity index (χ0v) is 18.4. The van der Waals surface area contributed by atoms with Crippen molar-refractivity contribution in [1.82, 2.24) is 0 Å². The van der Waals surface area contributed by atoms with Gasteiger partial charge in [0.25, 0.3) is 5.79 Å². The number of unbranched alkanes of at least 4 members (excludes halogenated alkanes) is 10. The van der Waals surface area contributed by atoms with Gasteiger partial charge >= 0.3 is 5.97 Å². The zero-order chi connectivity index (χ0) is 21.1. The van der Waals surface area contributed by atoms with Crippen LogP contribution in [-0.2, 0) is 15.3 Å². The standard InChI is InChI=1S/C27H36O3/c1-2-3-4-5-6-7-8-9-10-11-17-22-29-27(23-18-13-12-14-19-23)25-21-16-15-20-24(25)26(28)30-27/h12-16,18-21H,2-11,17,22H2,1H3. The van der Waals surface area contributed by atoms with Crippen LogP contribution in [0.25, 0.3) is 0 Å². The number of hydrogen-bond acceptors (Lipinski definition) is 3. The Bertz CT molecular complexity index is 771. The van der Waals surface area contributed by atoms with Crippen LogP contribution in [0.15, 0.2) is 54.6 Å². The summed E-state index contributed by atoms with van der Waals surface area (Å²) in [6, 6.07) is 17.4. The van der Waals surface area contributed by atoms with E-state index in [0.29, 0.717) is 12.2 Å². The lowest BCUT2D eigenvalue weighted by Crippen LogP contribution is -2.32. The lowest BCUT2D eigenvalue weighted by molar-refractivity contribution is -0.174. The van der Waals surface area contributed by atoms with Gasteiger partial charge in [-0.1, -0.05) is 120 Å². The summed E-state index contributed by atoms with van der Waals surface area (Å²) >= 11 is 0. The number of hydrogen-bond donors (Lipinski definition) is 0. The first-order valence-corrected chi connectivity index (χ1v) is 11.8. The van der Waals surface area contributed by atoms with Crippen LogP contribution >= 0.6 is 0 Å². The van der Waals surface area contributed by atoms with Crippen LogP contribution in [-0.4, -0.2) is 12.6 Å². The van der Waals surface area contributed by atoms with Crippen LogP contribution in [0.4, 0.5) is 0 Å². The quantitative estimate of drug-likeness (QED) is 0.241. The van der Waals surface area contributed by atoms with Crippen molar-refractivity contribution in [3.63, 3.8) is 0 Å². The molecular weight excluding hydrogens is 372 g/mol. The van der Waals surface area contributed by atoms with E-state index in [1.807, 2.05) is 54.6 Å². The molecule has 0 radical (unpaired) electrons. The number of rotatable bonds is 14. The Morgan fingerprint density at radius 3 is 1.97 bits per heavy atom. The largest absolute Gasteiger partial charge is 0.420 e. The predicted molar refractivity (Wildman–Crippen MR) is 121 cm³/mol. The van der Waals surface area contributed by atoms with Crippen molar-refractivity contribution in [3.05, 3.63) is 71.3 Å². The van der Waals surface area contributed by atoms with Gasteiger partial charge in [-0.2, -0.15) is 0 Å². The SMILES string of the molecule is CCCCCCCCCCCCCOC1(c2ccccc2)OC(=O)c2ccccc21. The first-order valence-electron chi connectivity index (χ1n) is 11.8. The van der Waals surface area contributed by atoms with E-state index in [-0.39, 0.29) is 5.97 Å². The smallest absolute Gasteiger partial charge is 0.341 e. The first kappa shape index (κ1) is 22.6. The third-order valence-electron chi connectivity index (χ3n) is 5.95. The average Bonchev–Trinajstić information content (AvgIpc) is 3.08. The first-order chi connectivity index (χ1) is 14.8. The molecule has 3 rings (SSSR count). The number of fused-ring (bicyclic) bond motifs is 1. The minimum atomic E-state index is -1.12. The monoisotopic (exact) mass is 408 g/mol. The second-order valence-corrected chi connectivity index (χ2v) is 8.30. The average molecular weight is 409 g/mol. The van der Waals surface area contributed by atoms with Gasteiger partial charge in [-0.3, -0.25) is 0 Å². The van der Waals surface area contributed by atoms with Crippen molar-refractivity contribution in [1.29, 1.82) is 0 Å². The molecule has 162 valence electrons. The third-order valence-corrected chi connectivity index (χ3v) is 5.95. The summed E-state index contributed by atoms with van der Waals surface area (Å²) in [6.45, 7) is 2.84. The maximum atomic E-state index is 12.5. The summed E-state index contributed by atoms with van der Waals surface area (Å²) in [4.78, 5) is 12.5. The molecule has 0 aliphatic carbocycles. The molecule has 0 N–H and O–H groups in total. The maximum absolute atomic E-state index is 12.5. The van der Waals surface area contributed by atoms with Crippen molar-refractivity contribution in [2.75, 3.05) is 6.61 Å². The summed E-state index contributed by atoms with van der Waals surface area (Å²) < 4.78 is 12.2. The summed E-state index contributed by atoms with van der Waals surface area (Å²) in [7, 11) is 0. The van der Waals surface area contributed by atoms with Gasteiger partial charge < -0.3 is 9.47 Å². The fraction of sp³-hybridized carbons (Fsp3) is 0.519. The van der Waals surface area contributed by atoms with Crippen molar-refractivity contribution < 1.29 is 14.3 Å². The summed E-state index contributed by atoms with van der Waals surface area (Å²) in [5, 5.41) is 0. The molecule has 1 unspecified atom stereocenters. The fourth-order valence-electron chi connectivity index (χ4n) is 4.23. The molecular formula is C27H36O3. The minimum absolute atomic E-state index is 0.312. The normalized spacial score (nSPS) is 17.7. The van der Waals surface area contributed by atoms with Gasteiger partial charge in [0.2, 0.25) is 0 Å². The second kappa shape index (κ2) is 11.9. The third kappa shape index (κ3) is 5.72. The molecule has 0 amide bonds. The van der Waals surface area contributed by atoms with Gasteiger partial charge in [-0.05, 0) is 12.5 Å². The van der Waals surface area contributed by atoms with Gasteiger partial charge in [0.05, 0.1) is 12.2 Å². The van der Waals surface area contributed by atoms with Gasteiger partial charge in [-0.25, -0.2) is 4.79 Å². The van der Waals surface area contributed by atoms with E-state index in [1.165, 1.54) is 57.8 Å². The lowest BCUT2D eigenvalue weighted by Gasteiger charge is -2.29. The Balaban J connectivity index is 1.45. The number of esters is 1. The highest BCUT2D eigenvalue weighted by Crippen LogP contribution is 2.42. The van der Waals surface area contributed by atoms with Crippen molar-refractivity contribution >= 4 is 5.97 Å². The van der Waals surface area contributed by atoms with Crippen LogP contribution in [0.2, 0.25) is 0 Å². The van der Waals surface area contributed by atoms with Crippen LogP contribution in [0.1, 0.15) is 99.0 Å². The van der Waals surface area contributed by atoms with Crippen LogP contribution in [0.3, 0.4) is 0 Å². The van der Waals surface area contributed by atoms with Crippen molar-refractivity contribution in [2.24, 2.45) is 0 Å². The molecule has 3 heteroatoms. The highest BCUT2D eigenvalue weighted by atomic mass is 16.7. The summed E-state index contributed by atoms with van der Waals surface area (Å²) in [5.41, 5.74) is 2.27. The minimum Gasteiger partial charge on any atom is -0.420 e. The molecule has 0 saturated heterocycles. The Kier molecular flexibility index (Phi) is 8.95. The van der Waals surface area contributed by atoms with Crippen molar-refractivity contribution in [3.8, 4) is 0 Å². The van der Waals surface area contributed by atoms with Gasteiger partial charge in [0, 0.05) is 11.1 Å². The highest BCUT2D eigenvalue weighted by molar-refractivity contribution is 5.95. The Morgan fingerprint density at radius 1 is 0.733 bits per heavy atom. The molecule has 1 aliphatic rings. The molecule has 0 aromatic heterocycles. The molecule has 2 aromatic rings. The molecule has 0 bridgehead atoms. The number of carbonyl (C=O) groups is 1. The van der Waals surface area contributed by atoms with E-state index >= 15 is 0 Å². The van der Waals surface area contributed by atoms with E-state index in [9.17, 15) is 4.79 Å². The van der Waals surface area contributed by atoms with Gasteiger partial charge in [0.1, 0.15) is 0 Å². The fourth-order valence-corrected chi connectivity index (χ4v) is 4.23. The highest BCUT2D eigenvalue weighted by Gasteiger charge is 2.48. The van der Waals surface area contributed by atoms with E-state index < -0.39 is 5.79 Å². The maximum Gasteiger partial charge on any atom is 0.341 e. The van der Waals surface area contributed by atoms with Crippen LogP contribution < -0.4 is 0 Å². The molecule has 2 aromatic carbocycles. The molecule has 1 heterocycles. The summed E-state index contributed by atoms with van der Waals surface area (Å²) in [5.74, 6) is -1.43. The number of ether oxygens (including phenoxy) is 2.